The fraction of sp³-hybridized carbons (Fsp3) is 0.333. The summed E-state index contributed by atoms with van der Waals surface area (Å²) in [6, 6.07) is 19.3. The number of H-pyrrole nitrogens is 1. The first-order chi connectivity index (χ1) is 19.1. The standard InChI is InChI=1S/C30H31ClN6O2/c1-20-13-14-21-17-25(30(38)32-27(21)16-20)28(29-33-34-35-37(29)23-9-3-2-4-10-23)36(19-24-11-7-15-39-24)18-22-8-5-6-12-26(22)31/h5-8,11-17,23,28H,2-4,9-10,18-19H2,1H3,(H,32,38)/t28-/m0/s1. The van der Waals surface area contributed by atoms with Gasteiger partial charge in [0.25, 0.3) is 5.56 Å². The summed E-state index contributed by atoms with van der Waals surface area (Å²) in [6.45, 7) is 2.92. The predicted octanol–water partition coefficient (Wildman–Crippen LogP) is 6.37. The summed E-state index contributed by atoms with van der Waals surface area (Å²) < 4.78 is 7.73. The number of pyridine rings is 1. The molecule has 39 heavy (non-hydrogen) atoms. The zero-order valence-corrected chi connectivity index (χ0v) is 22.6. The van der Waals surface area contributed by atoms with E-state index in [1.54, 1.807) is 6.26 Å². The second-order valence-corrected chi connectivity index (χ2v) is 10.8. The van der Waals surface area contributed by atoms with Crippen molar-refractivity contribution in [1.29, 1.82) is 0 Å². The van der Waals surface area contributed by atoms with E-state index in [9.17, 15) is 4.79 Å². The molecular weight excluding hydrogens is 512 g/mol. The molecule has 0 bridgehead atoms. The van der Waals surface area contributed by atoms with Crippen LogP contribution in [0.5, 0.6) is 0 Å². The van der Waals surface area contributed by atoms with Crippen LogP contribution in [-0.4, -0.2) is 30.1 Å². The summed E-state index contributed by atoms with van der Waals surface area (Å²) in [4.78, 5) is 19.1. The largest absolute Gasteiger partial charge is 0.468 e. The average molecular weight is 543 g/mol. The van der Waals surface area contributed by atoms with Gasteiger partial charge in [0, 0.05) is 22.6 Å². The van der Waals surface area contributed by atoms with Crippen molar-refractivity contribution in [2.24, 2.45) is 0 Å². The Morgan fingerprint density at radius 2 is 1.92 bits per heavy atom. The molecule has 8 nitrogen and oxygen atoms in total. The van der Waals surface area contributed by atoms with Crippen LogP contribution in [0.4, 0.5) is 0 Å². The highest BCUT2D eigenvalue weighted by atomic mass is 35.5. The molecule has 1 saturated carbocycles. The van der Waals surface area contributed by atoms with Crippen molar-refractivity contribution in [3.63, 3.8) is 0 Å². The highest BCUT2D eigenvalue weighted by Crippen LogP contribution is 2.35. The van der Waals surface area contributed by atoms with Gasteiger partial charge in [-0.05, 0) is 77.0 Å². The highest BCUT2D eigenvalue weighted by Gasteiger charge is 2.33. The molecule has 3 aromatic heterocycles. The lowest BCUT2D eigenvalue weighted by Gasteiger charge is -2.32. The summed E-state index contributed by atoms with van der Waals surface area (Å²) in [5.41, 5.74) is 3.25. The van der Waals surface area contributed by atoms with Crippen LogP contribution in [0.2, 0.25) is 5.02 Å². The second kappa shape index (κ2) is 11.2. The Hall–Kier alpha value is -3.75. The molecule has 0 spiro atoms. The number of furan rings is 1. The van der Waals surface area contributed by atoms with Crippen molar-refractivity contribution in [2.45, 2.75) is 64.2 Å². The van der Waals surface area contributed by atoms with Crippen LogP contribution in [0.25, 0.3) is 10.9 Å². The maximum atomic E-state index is 13.8. The number of tetrazole rings is 1. The molecule has 0 amide bonds. The fourth-order valence-corrected chi connectivity index (χ4v) is 5.88. The number of aromatic nitrogens is 5. The maximum Gasteiger partial charge on any atom is 0.253 e. The van der Waals surface area contributed by atoms with Gasteiger partial charge in [-0.3, -0.25) is 9.69 Å². The number of hydrogen-bond acceptors (Lipinski definition) is 6. The van der Waals surface area contributed by atoms with Crippen LogP contribution in [0.3, 0.4) is 0 Å². The Bertz CT molecular complexity index is 1620. The molecule has 6 rings (SSSR count). The van der Waals surface area contributed by atoms with E-state index in [-0.39, 0.29) is 11.6 Å². The number of fused-ring (bicyclic) bond motifs is 1. The van der Waals surface area contributed by atoms with Crippen molar-refractivity contribution < 1.29 is 4.42 Å². The Balaban J connectivity index is 1.53. The minimum Gasteiger partial charge on any atom is -0.468 e. The number of nitrogens with one attached hydrogen (secondary N) is 1. The van der Waals surface area contributed by atoms with Crippen LogP contribution in [-0.2, 0) is 13.1 Å². The van der Waals surface area contributed by atoms with Gasteiger partial charge in [0.15, 0.2) is 5.82 Å². The molecule has 0 unspecified atom stereocenters. The Morgan fingerprint density at radius 1 is 1.08 bits per heavy atom. The topological polar surface area (TPSA) is 92.8 Å². The molecule has 3 heterocycles. The fourth-order valence-electron chi connectivity index (χ4n) is 5.69. The molecular formula is C30H31ClN6O2. The number of hydrogen-bond donors (Lipinski definition) is 1. The van der Waals surface area contributed by atoms with E-state index in [0.717, 1.165) is 53.5 Å². The van der Waals surface area contributed by atoms with Gasteiger partial charge in [-0.15, -0.1) is 5.10 Å². The van der Waals surface area contributed by atoms with E-state index in [1.807, 2.05) is 66.2 Å². The number of nitrogens with zero attached hydrogens (tertiary/aromatic N) is 5. The molecule has 1 aliphatic carbocycles. The van der Waals surface area contributed by atoms with Crippen molar-refractivity contribution >= 4 is 22.5 Å². The van der Waals surface area contributed by atoms with Crippen LogP contribution in [0.15, 0.2) is 76.1 Å². The Morgan fingerprint density at radius 3 is 2.72 bits per heavy atom. The first-order valence-electron chi connectivity index (χ1n) is 13.5. The molecule has 1 fully saturated rings. The van der Waals surface area contributed by atoms with Gasteiger partial charge >= 0.3 is 0 Å². The molecule has 9 heteroatoms. The van der Waals surface area contributed by atoms with E-state index in [1.165, 1.54) is 6.42 Å². The van der Waals surface area contributed by atoms with Crippen molar-refractivity contribution in [2.75, 3.05) is 0 Å². The first kappa shape index (κ1) is 25.5. The van der Waals surface area contributed by atoms with Gasteiger partial charge in [0.2, 0.25) is 0 Å². The molecule has 0 saturated heterocycles. The average Bonchev–Trinajstić information content (AvgIpc) is 3.64. The minimum absolute atomic E-state index is 0.167. The van der Waals surface area contributed by atoms with Gasteiger partial charge in [0.1, 0.15) is 11.8 Å². The van der Waals surface area contributed by atoms with Crippen LogP contribution < -0.4 is 5.56 Å². The number of aryl methyl sites for hydroxylation is 1. The summed E-state index contributed by atoms with van der Waals surface area (Å²) in [5.74, 6) is 1.43. The van der Waals surface area contributed by atoms with E-state index in [2.05, 4.69) is 31.5 Å². The molecule has 5 aromatic rings. The first-order valence-corrected chi connectivity index (χ1v) is 13.9. The third-order valence-corrected chi connectivity index (χ3v) is 8.01. The quantitative estimate of drug-likeness (QED) is 0.245. The lowest BCUT2D eigenvalue weighted by Crippen LogP contribution is -2.35. The highest BCUT2D eigenvalue weighted by molar-refractivity contribution is 6.31. The summed E-state index contributed by atoms with van der Waals surface area (Å²) in [6.07, 6.45) is 7.19. The molecule has 1 aliphatic rings. The summed E-state index contributed by atoms with van der Waals surface area (Å²) in [7, 11) is 0. The lowest BCUT2D eigenvalue weighted by molar-refractivity contribution is 0.173. The zero-order valence-electron chi connectivity index (χ0n) is 21.9. The van der Waals surface area contributed by atoms with E-state index >= 15 is 0 Å². The van der Waals surface area contributed by atoms with Crippen molar-refractivity contribution in [1.82, 2.24) is 30.1 Å². The Kier molecular flexibility index (Phi) is 7.30. The molecule has 200 valence electrons. The van der Waals surface area contributed by atoms with Gasteiger partial charge in [-0.25, -0.2) is 4.68 Å². The van der Waals surface area contributed by atoms with E-state index in [4.69, 9.17) is 16.0 Å². The van der Waals surface area contributed by atoms with E-state index in [0.29, 0.717) is 29.5 Å². The van der Waals surface area contributed by atoms with E-state index < -0.39 is 6.04 Å². The summed E-state index contributed by atoms with van der Waals surface area (Å²) in [5, 5.41) is 14.8. The maximum absolute atomic E-state index is 13.8. The molecule has 1 atom stereocenters. The van der Waals surface area contributed by atoms with Gasteiger partial charge in [-0.1, -0.05) is 61.2 Å². The predicted molar refractivity (Wildman–Crippen MR) is 150 cm³/mol. The number of halogens is 1. The SMILES string of the molecule is Cc1ccc2cc([C@@H](c3nnnn3C3CCCCC3)N(Cc3ccco3)Cc3ccccc3Cl)c(=O)[nH]c2c1. The second-order valence-electron chi connectivity index (χ2n) is 10.4. The summed E-state index contributed by atoms with van der Waals surface area (Å²) >= 11 is 6.64. The monoisotopic (exact) mass is 542 g/mol. The van der Waals surface area contributed by atoms with Crippen LogP contribution in [0, 0.1) is 6.92 Å². The Labute approximate surface area is 231 Å². The third kappa shape index (κ3) is 5.40. The smallest absolute Gasteiger partial charge is 0.253 e. The van der Waals surface area contributed by atoms with Gasteiger partial charge in [0.05, 0.1) is 18.8 Å². The molecule has 2 aromatic carbocycles. The van der Waals surface area contributed by atoms with Crippen molar-refractivity contribution in [3.8, 4) is 0 Å². The van der Waals surface area contributed by atoms with Crippen LogP contribution >= 0.6 is 11.6 Å². The molecule has 1 N–H and O–H groups in total. The number of aromatic amines is 1. The van der Waals surface area contributed by atoms with Gasteiger partial charge < -0.3 is 9.40 Å². The minimum atomic E-state index is -0.544. The van der Waals surface area contributed by atoms with Gasteiger partial charge in [-0.2, -0.15) is 0 Å². The zero-order chi connectivity index (χ0) is 26.8. The third-order valence-electron chi connectivity index (χ3n) is 7.64. The lowest BCUT2D eigenvalue weighted by atomic mass is 9.95. The normalized spacial score (nSPS) is 15.3. The number of rotatable bonds is 8. The van der Waals surface area contributed by atoms with Crippen molar-refractivity contribution in [3.05, 3.63) is 111 Å². The molecule has 0 aliphatic heterocycles. The molecule has 0 radical (unpaired) electrons. The number of benzene rings is 2. The van der Waals surface area contributed by atoms with Crippen LogP contribution in [0.1, 0.15) is 72.5 Å².